The van der Waals surface area contributed by atoms with Gasteiger partial charge in [-0.25, -0.2) is 4.68 Å². The first-order chi connectivity index (χ1) is 13.6. The molecule has 3 aromatic heterocycles. The van der Waals surface area contributed by atoms with Gasteiger partial charge in [-0.3, -0.25) is 14.4 Å². The van der Waals surface area contributed by atoms with Crippen LogP contribution < -0.4 is 10.9 Å². The molecule has 0 bridgehead atoms. The number of fused-ring (bicyclic) bond motifs is 1. The number of H-pyrrole nitrogens is 1. The highest BCUT2D eigenvalue weighted by molar-refractivity contribution is 7.13. The zero-order valence-corrected chi connectivity index (χ0v) is 15.5. The maximum absolute atomic E-state index is 12.4. The van der Waals surface area contributed by atoms with Gasteiger partial charge in [0.05, 0.1) is 17.0 Å². The number of hydrogen-bond donors (Lipinski definition) is 2. The molecule has 3 heterocycles. The first-order valence-electron chi connectivity index (χ1n) is 8.64. The fourth-order valence-electron chi connectivity index (χ4n) is 2.90. The third-order valence-electron chi connectivity index (χ3n) is 4.29. The van der Waals surface area contributed by atoms with Crippen LogP contribution in [-0.4, -0.2) is 33.0 Å². The lowest BCUT2D eigenvalue weighted by atomic mass is 10.1. The Bertz CT molecular complexity index is 1210. The second-order valence-corrected chi connectivity index (χ2v) is 7.04. The summed E-state index contributed by atoms with van der Waals surface area (Å²) >= 11 is 1.53. The van der Waals surface area contributed by atoms with Gasteiger partial charge >= 0.3 is 0 Å². The number of Topliss-reactive ketones (excluding diaryl/α,β-unsaturated/α-hetero) is 1. The van der Waals surface area contributed by atoms with Gasteiger partial charge < -0.3 is 10.3 Å². The van der Waals surface area contributed by atoms with Crippen LogP contribution in [0.1, 0.15) is 10.4 Å². The molecule has 1 amide bonds. The van der Waals surface area contributed by atoms with Crippen molar-refractivity contribution in [3.63, 3.8) is 0 Å². The molecule has 0 atom stereocenters. The Labute approximate surface area is 163 Å². The number of ketones is 1. The van der Waals surface area contributed by atoms with Gasteiger partial charge in [0.1, 0.15) is 5.69 Å². The predicted octanol–water partition coefficient (Wildman–Crippen LogP) is 2.45. The second kappa shape index (κ2) is 7.61. The van der Waals surface area contributed by atoms with E-state index in [0.717, 1.165) is 10.4 Å². The number of thiophene rings is 1. The lowest BCUT2D eigenvalue weighted by molar-refractivity contribution is -0.117. The Kier molecular flexibility index (Phi) is 4.86. The standard InChI is InChI=1S/C20H16N4O3S/c25-18-8-7-16(17-6-3-11-28-17)23-24(18)10-9-21-20(27)19(26)14-12-22-15-5-2-1-4-13(14)15/h1-8,11-12,22H,9-10H2,(H,21,27). The Balaban J connectivity index is 1.42. The minimum absolute atomic E-state index is 0.119. The number of nitrogens with zero attached hydrogens (tertiary/aromatic N) is 2. The first-order valence-corrected chi connectivity index (χ1v) is 9.52. The summed E-state index contributed by atoms with van der Waals surface area (Å²) in [6.45, 7) is 0.290. The molecule has 1 aromatic carbocycles. The zero-order chi connectivity index (χ0) is 19.5. The van der Waals surface area contributed by atoms with E-state index < -0.39 is 11.7 Å². The third kappa shape index (κ3) is 3.49. The second-order valence-electron chi connectivity index (χ2n) is 6.09. The van der Waals surface area contributed by atoms with E-state index in [2.05, 4.69) is 15.4 Å². The largest absolute Gasteiger partial charge is 0.360 e. The van der Waals surface area contributed by atoms with Crippen LogP contribution in [0.2, 0.25) is 0 Å². The molecule has 8 heteroatoms. The smallest absolute Gasteiger partial charge is 0.292 e. The van der Waals surface area contributed by atoms with Gasteiger partial charge in [0.25, 0.3) is 17.2 Å². The van der Waals surface area contributed by atoms with Crippen LogP contribution in [0, 0.1) is 0 Å². The summed E-state index contributed by atoms with van der Waals surface area (Å²) in [5.41, 5.74) is 1.54. The Morgan fingerprint density at radius 1 is 1.11 bits per heavy atom. The molecule has 0 unspecified atom stereocenters. The summed E-state index contributed by atoms with van der Waals surface area (Å²) in [6.07, 6.45) is 1.53. The number of rotatable bonds is 6. The summed E-state index contributed by atoms with van der Waals surface area (Å²) in [6, 6.07) is 14.2. The fraction of sp³-hybridized carbons (Fsp3) is 0.100. The summed E-state index contributed by atoms with van der Waals surface area (Å²) < 4.78 is 1.28. The van der Waals surface area contributed by atoms with E-state index in [4.69, 9.17) is 0 Å². The van der Waals surface area contributed by atoms with Crippen molar-refractivity contribution in [3.05, 3.63) is 76.0 Å². The molecular weight excluding hydrogens is 376 g/mol. The highest BCUT2D eigenvalue weighted by atomic mass is 32.1. The Morgan fingerprint density at radius 3 is 2.79 bits per heavy atom. The number of aromatic nitrogens is 3. The molecule has 4 aromatic rings. The summed E-state index contributed by atoms with van der Waals surface area (Å²) in [4.78, 5) is 40.6. The first kappa shape index (κ1) is 17.9. The van der Waals surface area contributed by atoms with E-state index in [1.165, 1.54) is 28.3 Å². The van der Waals surface area contributed by atoms with Crippen LogP contribution in [-0.2, 0) is 11.3 Å². The van der Waals surface area contributed by atoms with Crippen molar-refractivity contribution in [3.8, 4) is 10.6 Å². The number of amides is 1. The van der Waals surface area contributed by atoms with Crippen molar-refractivity contribution in [1.82, 2.24) is 20.1 Å². The quantitative estimate of drug-likeness (QED) is 0.389. The molecule has 140 valence electrons. The maximum Gasteiger partial charge on any atom is 0.292 e. The number of aromatic amines is 1. The molecule has 0 saturated carbocycles. The average molecular weight is 392 g/mol. The van der Waals surface area contributed by atoms with Crippen LogP contribution >= 0.6 is 11.3 Å². The number of benzene rings is 1. The third-order valence-corrected chi connectivity index (χ3v) is 5.18. The lowest BCUT2D eigenvalue weighted by Crippen LogP contribution is -2.35. The van der Waals surface area contributed by atoms with Crippen LogP contribution in [0.5, 0.6) is 0 Å². The van der Waals surface area contributed by atoms with E-state index in [9.17, 15) is 14.4 Å². The van der Waals surface area contributed by atoms with Crippen molar-refractivity contribution in [2.45, 2.75) is 6.54 Å². The number of para-hydroxylation sites is 1. The summed E-state index contributed by atoms with van der Waals surface area (Å²) in [5.74, 6) is -1.34. The van der Waals surface area contributed by atoms with Crippen molar-refractivity contribution in [1.29, 1.82) is 0 Å². The average Bonchev–Trinajstić information content (AvgIpc) is 3.39. The molecule has 0 radical (unpaired) electrons. The van der Waals surface area contributed by atoms with E-state index in [0.29, 0.717) is 16.6 Å². The van der Waals surface area contributed by atoms with Gasteiger partial charge in [0.2, 0.25) is 0 Å². The van der Waals surface area contributed by atoms with E-state index in [1.807, 2.05) is 35.7 Å². The summed E-state index contributed by atoms with van der Waals surface area (Å²) in [7, 11) is 0. The number of hydrogen-bond acceptors (Lipinski definition) is 5. The van der Waals surface area contributed by atoms with E-state index in [1.54, 1.807) is 12.1 Å². The molecule has 0 fully saturated rings. The molecule has 0 aliphatic carbocycles. The van der Waals surface area contributed by atoms with Gasteiger partial charge in [-0.1, -0.05) is 24.3 Å². The molecule has 0 spiro atoms. The van der Waals surface area contributed by atoms with E-state index >= 15 is 0 Å². The molecular formula is C20H16N4O3S. The van der Waals surface area contributed by atoms with Crippen LogP contribution in [0.15, 0.2) is 64.9 Å². The normalized spacial score (nSPS) is 10.9. The van der Waals surface area contributed by atoms with Crippen molar-refractivity contribution in [2.75, 3.05) is 6.54 Å². The zero-order valence-electron chi connectivity index (χ0n) is 14.7. The number of carbonyl (C=O) groups excluding carboxylic acids is 2. The topological polar surface area (TPSA) is 96.8 Å². The maximum atomic E-state index is 12.4. The molecule has 2 N–H and O–H groups in total. The molecule has 7 nitrogen and oxygen atoms in total. The Morgan fingerprint density at radius 2 is 1.96 bits per heavy atom. The molecule has 0 aliphatic heterocycles. The lowest BCUT2D eigenvalue weighted by Gasteiger charge is -2.07. The highest BCUT2D eigenvalue weighted by Gasteiger charge is 2.19. The van der Waals surface area contributed by atoms with Crippen molar-refractivity contribution in [2.24, 2.45) is 0 Å². The van der Waals surface area contributed by atoms with Crippen molar-refractivity contribution < 1.29 is 9.59 Å². The fourth-order valence-corrected chi connectivity index (χ4v) is 3.59. The molecule has 0 aliphatic rings. The number of nitrogens with one attached hydrogen (secondary N) is 2. The van der Waals surface area contributed by atoms with Gasteiger partial charge in [0.15, 0.2) is 0 Å². The predicted molar refractivity (Wildman–Crippen MR) is 107 cm³/mol. The van der Waals surface area contributed by atoms with Gasteiger partial charge in [-0.15, -0.1) is 11.3 Å². The minimum Gasteiger partial charge on any atom is -0.360 e. The summed E-state index contributed by atoms with van der Waals surface area (Å²) in [5, 5.41) is 9.52. The van der Waals surface area contributed by atoms with Gasteiger partial charge in [0, 0.05) is 29.7 Å². The SMILES string of the molecule is O=C(NCCn1nc(-c2cccs2)ccc1=O)C(=O)c1c[nH]c2ccccc12. The minimum atomic E-state index is -0.716. The van der Waals surface area contributed by atoms with E-state index in [-0.39, 0.29) is 18.6 Å². The molecule has 4 rings (SSSR count). The Hall–Kier alpha value is -3.52. The molecule has 28 heavy (non-hydrogen) atoms. The monoisotopic (exact) mass is 392 g/mol. The number of carbonyl (C=O) groups is 2. The van der Waals surface area contributed by atoms with Gasteiger partial charge in [-0.05, 0) is 23.6 Å². The van der Waals surface area contributed by atoms with Gasteiger partial charge in [-0.2, -0.15) is 5.10 Å². The highest BCUT2D eigenvalue weighted by Crippen LogP contribution is 2.21. The van der Waals surface area contributed by atoms with Crippen LogP contribution in [0.3, 0.4) is 0 Å². The van der Waals surface area contributed by atoms with Crippen LogP contribution in [0.25, 0.3) is 21.5 Å². The van der Waals surface area contributed by atoms with Crippen LogP contribution in [0.4, 0.5) is 0 Å². The molecule has 0 saturated heterocycles. The van der Waals surface area contributed by atoms with Crippen molar-refractivity contribution >= 4 is 33.9 Å².